The van der Waals surface area contributed by atoms with Crippen molar-refractivity contribution in [3.05, 3.63) is 83.9 Å². The van der Waals surface area contributed by atoms with Crippen molar-refractivity contribution in [3.8, 4) is 11.5 Å². The van der Waals surface area contributed by atoms with Gasteiger partial charge in [0, 0.05) is 23.0 Å². The van der Waals surface area contributed by atoms with E-state index in [0.717, 1.165) is 11.1 Å². The molecule has 3 aromatic carbocycles. The largest absolute Gasteiger partial charge is 0.497 e. The summed E-state index contributed by atoms with van der Waals surface area (Å²) in [5, 5.41) is 2.68. The van der Waals surface area contributed by atoms with Gasteiger partial charge in [-0.15, -0.1) is 0 Å². The maximum atomic E-state index is 12.7. The zero-order valence-electron chi connectivity index (χ0n) is 18.0. The van der Waals surface area contributed by atoms with Gasteiger partial charge in [0.1, 0.15) is 11.5 Å². The van der Waals surface area contributed by atoms with E-state index >= 15 is 0 Å². The van der Waals surface area contributed by atoms with Gasteiger partial charge in [0.25, 0.3) is 10.0 Å². The lowest BCUT2D eigenvalue weighted by Crippen LogP contribution is -2.14. The third-order valence-electron chi connectivity index (χ3n) is 4.55. The highest BCUT2D eigenvalue weighted by atomic mass is 32.2. The molecule has 0 atom stereocenters. The molecular formula is C24H24N2O5S. The number of ether oxygens (including phenoxy) is 2. The quantitative estimate of drug-likeness (QED) is 0.492. The number of hydrogen-bond acceptors (Lipinski definition) is 5. The van der Waals surface area contributed by atoms with Crippen LogP contribution in [0.3, 0.4) is 0 Å². The second kappa shape index (κ2) is 10.0. The van der Waals surface area contributed by atoms with Crippen LogP contribution < -0.4 is 19.5 Å². The summed E-state index contributed by atoms with van der Waals surface area (Å²) in [6.07, 6.45) is 3.01. The van der Waals surface area contributed by atoms with Crippen LogP contribution in [0.5, 0.6) is 11.5 Å². The molecule has 0 aliphatic rings. The highest BCUT2D eigenvalue weighted by Gasteiger charge is 2.15. The maximum absolute atomic E-state index is 12.7. The second-order valence-corrected chi connectivity index (χ2v) is 8.61. The summed E-state index contributed by atoms with van der Waals surface area (Å²) in [5.74, 6) is 0.873. The predicted octanol–water partition coefficient (Wildman–Crippen LogP) is 4.46. The molecule has 0 aromatic heterocycles. The molecule has 0 saturated heterocycles. The summed E-state index contributed by atoms with van der Waals surface area (Å²) in [6.45, 7) is 1.95. The molecule has 7 nitrogen and oxygen atoms in total. The van der Waals surface area contributed by atoms with Crippen molar-refractivity contribution in [1.29, 1.82) is 0 Å². The Kier molecular flexibility index (Phi) is 7.17. The highest BCUT2D eigenvalue weighted by Crippen LogP contribution is 2.23. The number of amides is 1. The van der Waals surface area contributed by atoms with Crippen LogP contribution >= 0.6 is 0 Å². The van der Waals surface area contributed by atoms with Crippen LogP contribution in [0.25, 0.3) is 6.08 Å². The maximum Gasteiger partial charge on any atom is 0.261 e. The molecule has 3 rings (SSSR count). The Bertz CT molecular complexity index is 1240. The van der Waals surface area contributed by atoms with Gasteiger partial charge in [0.2, 0.25) is 5.91 Å². The summed E-state index contributed by atoms with van der Waals surface area (Å²) >= 11 is 0. The van der Waals surface area contributed by atoms with Crippen LogP contribution in [0, 0.1) is 6.92 Å². The molecule has 3 aromatic rings. The van der Waals surface area contributed by atoms with Gasteiger partial charge in [-0.05, 0) is 67.6 Å². The number of hydrogen-bond donors (Lipinski definition) is 2. The fraction of sp³-hybridized carbons (Fsp3) is 0.125. The minimum absolute atomic E-state index is 0.0236. The van der Waals surface area contributed by atoms with Crippen LogP contribution in [-0.4, -0.2) is 28.5 Å². The fourth-order valence-corrected chi connectivity index (χ4v) is 4.05. The van der Waals surface area contributed by atoms with E-state index in [9.17, 15) is 13.2 Å². The molecule has 2 N–H and O–H groups in total. The number of benzene rings is 3. The fourth-order valence-electron chi connectivity index (χ4n) is 2.95. The molecular weight excluding hydrogens is 428 g/mol. The Hall–Kier alpha value is -3.78. The molecule has 32 heavy (non-hydrogen) atoms. The van der Waals surface area contributed by atoms with Crippen LogP contribution in [0.1, 0.15) is 11.1 Å². The minimum atomic E-state index is -3.84. The van der Waals surface area contributed by atoms with Crippen molar-refractivity contribution >= 4 is 33.4 Å². The Morgan fingerprint density at radius 1 is 0.906 bits per heavy atom. The number of rotatable bonds is 8. The summed E-state index contributed by atoms with van der Waals surface area (Å²) in [5.41, 5.74) is 2.56. The number of carbonyl (C=O) groups excluding carboxylic acids is 1. The molecule has 8 heteroatoms. The molecule has 0 bridgehead atoms. The molecule has 0 saturated carbocycles. The monoisotopic (exact) mass is 452 g/mol. The van der Waals surface area contributed by atoms with Crippen molar-refractivity contribution < 1.29 is 22.7 Å². The second-order valence-electron chi connectivity index (χ2n) is 6.93. The number of nitrogens with one attached hydrogen (secondary N) is 2. The summed E-state index contributed by atoms with van der Waals surface area (Å²) in [4.78, 5) is 12.4. The summed E-state index contributed by atoms with van der Waals surface area (Å²) in [7, 11) is -0.740. The zero-order valence-corrected chi connectivity index (χ0v) is 18.8. The lowest BCUT2D eigenvalue weighted by molar-refractivity contribution is -0.111. The van der Waals surface area contributed by atoms with Crippen LogP contribution in [0.2, 0.25) is 0 Å². The van der Waals surface area contributed by atoms with Crippen molar-refractivity contribution in [2.75, 3.05) is 24.3 Å². The van der Waals surface area contributed by atoms with E-state index in [4.69, 9.17) is 9.47 Å². The lowest BCUT2D eigenvalue weighted by Gasteiger charge is -2.10. The first-order valence-corrected chi connectivity index (χ1v) is 11.2. The van der Waals surface area contributed by atoms with E-state index in [0.29, 0.717) is 22.9 Å². The van der Waals surface area contributed by atoms with Gasteiger partial charge in [-0.1, -0.05) is 17.7 Å². The number of sulfonamides is 1. The molecule has 0 aliphatic heterocycles. The van der Waals surface area contributed by atoms with Gasteiger partial charge in [0.05, 0.1) is 19.1 Å². The third-order valence-corrected chi connectivity index (χ3v) is 5.93. The van der Waals surface area contributed by atoms with E-state index in [1.165, 1.54) is 25.3 Å². The predicted molar refractivity (Wildman–Crippen MR) is 126 cm³/mol. The van der Waals surface area contributed by atoms with Gasteiger partial charge < -0.3 is 14.8 Å². The zero-order chi connectivity index (χ0) is 23.1. The van der Waals surface area contributed by atoms with Crippen LogP contribution in [-0.2, 0) is 14.8 Å². The summed E-state index contributed by atoms with van der Waals surface area (Å²) in [6, 6.07) is 18.2. The van der Waals surface area contributed by atoms with Crippen molar-refractivity contribution in [3.63, 3.8) is 0 Å². The van der Waals surface area contributed by atoms with Gasteiger partial charge in [-0.2, -0.15) is 0 Å². The third kappa shape index (κ3) is 5.89. The van der Waals surface area contributed by atoms with Crippen LogP contribution in [0.15, 0.2) is 77.7 Å². The number of aryl methyl sites for hydroxylation is 1. The van der Waals surface area contributed by atoms with Gasteiger partial charge in [-0.25, -0.2) is 8.42 Å². The molecule has 1 amide bonds. The molecule has 0 heterocycles. The smallest absolute Gasteiger partial charge is 0.261 e. The molecule has 0 unspecified atom stereocenters. The lowest BCUT2D eigenvalue weighted by atomic mass is 10.1. The Morgan fingerprint density at radius 3 is 2.34 bits per heavy atom. The number of methoxy groups -OCH3 is 2. The van der Waals surface area contributed by atoms with E-state index < -0.39 is 15.9 Å². The average Bonchev–Trinajstić information content (AvgIpc) is 2.78. The van der Waals surface area contributed by atoms with Gasteiger partial charge >= 0.3 is 0 Å². The van der Waals surface area contributed by atoms with E-state index in [1.54, 1.807) is 49.6 Å². The van der Waals surface area contributed by atoms with Gasteiger partial charge in [-0.3, -0.25) is 9.52 Å². The van der Waals surface area contributed by atoms with E-state index in [-0.39, 0.29) is 4.90 Å². The first-order valence-electron chi connectivity index (χ1n) is 9.71. The average molecular weight is 453 g/mol. The number of carbonyl (C=O) groups is 1. The summed E-state index contributed by atoms with van der Waals surface area (Å²) < 4.78 is 38.3. The molecule has 0 radical (unpaired) electrons. The van der Waals surface area contributed by atoms with E-state index in [1.807, 2.05) is 25.1 Å². The first-order chi connectivity index (χ1) is 15.3. The normalized spacial score (nSPS) is 11.2. The minimum Gasteiger partial charge on any atom is -0.497 e. The standard InChI is InChI=1S/C24H24N2O5S/c1-17-7-13-23(31-3)18(15-17)8-14-24(27)25-20-5-4-6-22(16-20)32(28,29)26-19-9-11-21(30-2)12-10-19/h4-16,26H,1-3H3,(H,25,27)/b14-8+. The van der Waals surface area contributed by atoms with Crippen LogP contribution in [0.4, 0.5) is 11.4 Å². The van der Waals surface area contributed by atoms with Crippen molar-refractivity contribution in [1.82, 2.24) is 0 Å². The van der Waals surface area contributed by atoms with Crippen molar-refractivity contribution in [2.24, 2.45) is 0 Å². The first kappa shape index (κ1) is 22.9. The van der Waals surface area contributed by atoms with E-state index in [2.05, 4.69) is 10.0 Å². The van der Waals surface area contributed by atoms with Crippen molar-refractivity contribution in [2.45, 2.75) is 11.8 Å². The topological polar surface area (TPSA) is 93.7 Å². The Morgan fingerprint density at radius 2 is 1.66 bits per heavy atom. The number of anilines is 2. The SMILES string of the molecule is COc1ccc(NS(=O)(=O)c2cccc(NC(=O)/C=C/c3cc(C)ccc3OC)c2)cc1. The highest BCUT2D eigenvalue weighted by molar-refractivity contribution is 7.92. The molecule has 0 spiro atoms. The molecule has 0 fully saturated rings. The Balaban J connectivity index is 1.72. The Labute approximate surface area is 187 Å². The molecule has 166 valence electrons. The molecule has 0 aliphatic carbocycles. The van der Waals surface area contributed by atoms with Gasteiger partial charge in [0.15, 0.2) is 0 Å².